The molecule has 1 atom stereocenters. The van der Waals surface area contributed by atoms with E-state index in [0.29, 0.717) is 18.6 Å². The molecule has 0 bridgehead atoms. The van der Waals surface area contributed by atoms with E-state index in [1.807, 2.05) is 38.1 Å². The molecule has 0 heterocycles. The number of unbranched alkanes of at least 4 members (excludes halogenated alkanes) is 2. The number of carbonyl (C=O) groups is 2. The molecule has 190 valence electrons. The summed E-state index contributed by atoms with van der Waals surface area (Å²) in [6.07, 6.45) is 11.3. The van der Waals surface area contributed by atoms with Crippen molar-refractivity contribution < 1.29 is 19.1 Å². The first-order valence-electron chi connectivity index (χ1n) is 13.6. The van der Waals surface area contributed by atoms with Crippen molar-refractivity contribution >= 4 is 11.9 Å². The molecule has 35 heavy (non-hydrogen) atoms. The molecule has 1 saturated carbocycles. The maximum absolute atomic E-state index is 12.7. The van der Waals surface area contributed by atoms with Crippen molar-refractivity contribution in [2.24, 2.45) is 11.8 Å². The Hall–Kier alpha value is -2.62. The molecule has 1 fully saturated rings. The summed E-state index contributed by atoms with van der Waals surface area (Å²) >= 11 is 0. The van der Waals surface area contributed by atoms with Gasteiger partial charge in [0.05, 0.1) is 5.92 Å². The van der Waals surface area contributed by atoms with Gasteiger partial charge in [0.2, 0.25) is 0 Å². The van der Waals surface area contributed by atoms with Gasteiger partial charge in [-0.05, 0) is 73.8 Å². The Labute approximate surface area is 211 Å². The molecule has 0 amide bonds. The second-order valence-corrected chi connectivity index (χ2v) is 10.1. The number of hydrogen-bond donors (Lipinski definition) is 0. The van der Waals surface area contributed by atoms with Crippen LogP contribution in [0.1, 0.15) is 90.5 Å². The number of rotatable bonds is 12. The normalized spacial score (nSPS) is 18.6. The summed E-state index contributed by atoms with van der Waals surface area (Å²) < 4.78 is 11.2. The quantitative estimate of drug-likeness (QED) is 0.177. The molecule has 1 aliphatic carbocycles. The van der Waals surface area contributed by atoms with Gasteiger partial charge in [-0.25, -0.2) is 0 Å². The van der Waals surface area contributed by atoms with Gasteiger partial charge in [-0.2, -0.15) is 0 Å². The van der Waals surface area contributed by atoms with Crippen LogP contribution in [0.4, 0.5) is 0 Å². The molecule has 0 saturated heterocycles. The van der Waals surface area contributed by atoms with Gasteiger partial charge in [0, 0.05) is 12.8 Å². The van der Waals surface area contributed by atoms with Crippen LogP contribution in [0.2, 0.25) is 0 Å². The van der Waals surface area contributed by atoms with Gasteiger partial charge in [-0.3, -0.25) is 9.59 Å². The number of benzene rings is 2. The lowest BCUT2D eigenvalue weighted by molar-refractivity contribution is -0.148. The van der Waals surface area contributed by atoms with Crippen molar-refractivity contribution in [3.8, 4) is 16.9 Å². The molecule has 0 aliphatic heterocycles. The van der Waals surface area contributed by atoms with Gasteiger partial charge in [0.1, 0.15) is 11.9 Å². The van der Waals surface area contributed by atoms with E-state index in [0.717, 1.165) is 54.7 Å². The Morgan fingerprint density at radius 2 is 1.49 bits per heavy atom. The van der Waals surface area contributed by atoms with Crippen molar-refractivity contribution in [1.29, 1.82) is 0 Å². The summed E-state index contributed by atoms with van der Waals surface area (Å²) in [7, 11) is 0. The molecule has 0 unspecified atom stereocenters. The molecule has 3 rings (SSSR count). The van der Waals surface area contributed by atoms with Gasteiger partial charge in [0.15, 0.2) is 0 Å². The van der Waals surface area contributed by atoms with Gasteiger partial charge in [0.25, 0.3) is 0 Å². The lowest BCUT2D eigenvalue weighted by atomic mass is 9.80. The second kappa shape index (κ2) is 14.1. The first kappa shape index (κ1) is 27.0. The van der Waals surface area contributed by atoms with E-state index in [4.69, 9.17) is 9.47 Å². The molecule has 2 aromatic carbocycles. The summed E-state index contributed by atoms with van der Waals surface area (Å²) in [5, 5.41) is 0. The highest BCUT2D eigenvalue weighted by molar-refractivity contribution is 5.75. The largest absolute Gasteiger partial charge is 0.462 e. The molecular weight excluding hydrogens is 436 g/mol. The minimum Gasteiger partial charge on any atom is -0.462 e. The summed E-state index contributed by atoms with van der Waals surface area (Å²) in [6, 6.07) is 16.1. The smallest absolute Gasteiger partial charge is 0.314 e. The highest BCUT2D eigenvalue weighted by Gasteiger charge is 2.27. The summed E-state index contributed by atoms with van der Waals surface area (Å²) in [4.78, 5) is 24.3. The van der Waals surface area contributed by atoms with Crippen LogP contribution < -0.4 is 4.74 Å². The third-order valence-electron chi connectivity index (χ3n) is 7.07. The van der Waals surface area contributed by atoms with Crippen molar-refractivity contribution in [3.05, 3.63) is 54.1 Å². The molecular formula is C31H42O4. The van der Waals surface area contributed by atoms with E-state index in [2.05, 4.69) is 31.2 Å². The minimum atomic E-state index is -0.134. The van der Waals surface area contributed by atoms with Crippen LogP contribution in [0.5, 0.6) is 5.75 Å². The monoisotopic (exact) mass is 478 g/mol. The molecule has 0 radical (unpaired) electrons. The van der Waals surface area contributed by atoms with Gasteiger partial charge < -0.3 is 9.47 Å². The first-order chi connectivity index (χ1) is 17.0. The Balaban J connectivity index is 1.46. The van der Waals surface area contributed by atoms with Crippen LogP contribution in [0.15, 0.2) is 48.5 Å². The zero-order valence-corrected chi connectivity index (χ0v) is 21.8. The van der Waals surface area contributed by atoms with Crippen molar-refractivity contribution in [2.75, 3.05) is 0 Å². The van der Waals surface area contributed by atoms with E-state index in [1.54, 1.807) is 0 Å². The van der Waals surface area contributed by atoms with Gasteiger partial charge in [-0.1, -0.05) is 75.9 Å². The zero-order valence-electron chi connectivity index (χ0n) is 21.8. The Morgan fingerprint density at radius 3 is 2.09 bits per heavy atom. The van der Waals surface area contributed by atoms with Crippen molar-refractivity contribution in [1.82, 2.24) is 0 Å². The predicted octanol–water partition coefficient (Wildman–Crippen LogP) is 7.92. The van der Waals surface area contributed by atoms with E-state index in [1.165, 1.54) is 25.7 Å². The summed E-state index contributed by atoms with van der Waals surface area (Å²) in [6.45, 7) is 6.15. The zero-order chi connectivity index (χ0) is 25.0. The van der Waals surface area contributed by atoms with Crippen molar-refractivity contribution in [3.63, 3.8) is 0 Å². The lowest BCUT2D eigenvalue weighted by Crippen LogP contribution is -2.25. The van der Waals surface area contributed by atoms with E-state index >= 15 is 0 Å². The highest BCUT2D eigenvalue weighted by Crippen LogP contribution is 2.33. The van der Waals surface area contributed by atoms with Crippen LogP contribution in [0.3, 0.4) is 0 Å². The van der Waals surface area contributed by atoms with Crippen LogP contribution in [0.25, 0.3) is 11.1 Å². The third-order valence-corrected chi connectivity index (χ3v) is 7.07. The first-order valence-corrected chi connectivity index (χ1v) is 13.6. The lowest BCUT2D eigenvalue weighted by Gasteiger charge is -2.27. The molecule has 0 N–H and O–H groups in total. The molecule has 1 aliphatic rings. The molecule has 4 nitrogen and oxygen atoms in total. The van der Waals surface area contributed by atoms with Gasteiger partial charge in [-0.15, -0.1) is 0 Å². The number of ether oxygens (including phenoxy) is 2. The number of esters is 2. The van der Waals surface area contributed by atoms with Crippen LogP contribution in [-0.2, 0) is 20.7 Å². The van der Waals surface area contributed by atoms with Crippen LogP contribution in [-0.4, -0.2) is 18.0 Å². The van der Waals surface area contributed by atoms with Crippen molar-refractivity contribution in [2.45, 2.75) is 97.5 Å². The van der Waals surface area contributed by atoms with Crippen LogP contribution in [0, 0.1) is 11.8 Å². The van der Waals surface area contributed by atoms with Gasteiger partial charge >= 0.3 is 11.9 Å². The SMILES string of the molecule is CCCCCC1CCC(C(=O)Oc2ccc(-c3ccc(C[C@@H](C)OC(=O)CCC)cc3)cc2)CC1. The standard InChI is InChI=1S/C31H42O4/c1-4-6-7-9-24-10-16-28(17-11-24)31(33)35-29-20-18-27(19-21-29)26-14-12-25(13-15-26)22-23(3)34-30(32)8-5-2/h12-15,18-21,23-24,28H,4-11,16-17,22H2,1-3H3/t23-,24?,28?/m1/s1. The third kappa shape index (κ3) is 8.83. The number of hydrogen-bond acceptors (Lipinski definition) is 4. The van der Waals surface area contributed by atoms with E-state index < -0.39 is 0 Å². The molecule has 4 heteroatoms. The van der Waals surface area contributed by atoms with E-state index in [9.17, 15) is 9.59 Å². The average molecular weight is 479 g/mol. The fourth-order valence-electron chi connectivity index (χ4n) is 4.98. The Morgan fingerprint density at radius 1 is 0.857 bits per heavy atom. The Kier molecular flexibility index (Phi) is 10.8. The second-order valence-electron chi connectivity index (χ2n) is 10.1. The fraction of sp³-hybridized carbons (Fsp3) is 0.548. The fourth-order valence-corrected chi connectivity index (χ4v) is 4.98. The highest BCUT2D eigenvalue weighted by atomic mass is 16.5. The maximum atomic E-state index is 12.7. The minimum absolute atomic E-state index is 0.0354. The number of carbonyl (C=O) groups excluding carboxylic acids is 2. The summed E-state index contributed by atoms with van der Waals surface area (Å²) in [5.41, 5.74) is 3.31. The topological polar surface area (TPSA) is 52.6 Å². The summed E-state index contributed by atoms with van der Waals surface area (Å²) in [5.74, 6) is 1.22. The molecule has 2 aromatic rings. The molecule has 0 spiro atoms. The Bertz CT molecular complexity index is 908. The van der Waals surface area contributed by atoms with E-state index in [-0.39, 0.29) is 24.0 Å². The average Bonchev–Trinajstić information content (AvgIpc) is 2.85. The predicted molar refractivity (Wildman–Crippen MR) is 141 cm³/mol. The molecule has 0 aromatic heterocycles. The maximum Gasteiger partial charge on any atom is 0.314 e. The van der Waals surface area contributed by atoms with Crippen LogP contribution >= 0.6 is 0 Å².